The summed E-state index contributed by atoms with van der Waals surface area (Å²) < 4.78 is 0. The highest BCUT2D eigenvalue weighted by molar-refractivity contribution is 6.27. The molecule has 1 amide bonds. The van der Waals surface area contributed by atoms with Crippen molar-refractivity contribution in [2.45, 2.75) is 25.9 Å². The molecule has 0 saturated carbocycles. The number of hydrogen-bond donors (Lipinski definition) is 2. The summed E-state index contributed by atoms with van der Waals surface area (Å²) in [6.07, 6.45) is -0.0364. The van der Waals surface area contributed by atoms with Crippen LogP contribution in [0.5, 0.6) is 0 Å². The lowest BCUT2D eigenvalue weighted by Gasteiger charge is -2.32. The molecule has 0 spiro atoms. The summed E-state index contributed by atoms with van der Waals surface area (Å²) in [6, 6.07) is 12.7. The van der Waals surface area contributed by atoms with Gasteiger partial charge in [-0.2, -0.15) is 0 Å². The Labute approximate surface area is 128 Å². The third-order valence-corrected chi connectivity index (χ3v) is 4.14. The molecule has 0 bridgehead atoms. The Morgan fingerprint density at radius 1 is 1.00 bits per heavy atom. The van der Waals surface area contributed by atoms with Gasteiger partial charge in [-0.25, -0.2) is 0 Å². The molecule has 112 valence electrons. The number of anilines is 1. The molecular formula is C18H17NO3. The zero-order chi connectivity index (χ0) is 15.9. The van der Waals surface area contributed by atoms with Crippen molar-refractivity contribution in [1.82, 2.24) is 0 Å². The van der Waals surface area contributed by atoms with Gasteiger partial charge in [-0.05, 0) is 30.5 Å². The second kappa shape index (κ2) is 5.07. The van der Waals surface area contributed by atoms with Gasteiger partial charge >= 0.3 is 0 Å². The fourth-order valence-corrected chi connectivity index (χ4v) is 2.84. The van der Waals surface area contributed by atoms with Gasteiger partial charge in [0.25, 0.3) is 5.91 Å². The first-order valence-electron chi connectivity index (χ1n) is 7.16. The number of aliphatic hydroxyl groups is 1. The van der Waals surface area contributed by atoms with Crippen LogP contribution in [-0.4, -0.2) is 22.4 Å². The summed E-state index contributed by atoms with van der Waals surface area (Å²) in [5, 5.41) is 13.5. The summed E-state index contributed by atoms with van der Waals surface area (Å²) in [5.74, 6) is -1.20. The first kappa shape index (κ1) is 14.5. The molecule has 1 aliphatic rings. The highest BCUT2D eigenvalue weighted by Crippen LogP contribution is 2.34. The Bertz CT molecular complexity index is 767. The molecular weight excluding hydrogens is 278 g/mol. The molecule has 0 aliphatic carbocycles. The van der Waals surface area contributed by atoms with Crippen molar-refractivity contribution in [2.75, 3.05) is 5.32 Å². The molecule has 3 rings (SSSR count). The van der Waals surface area contributed by atoms with Crippen molar-refractivity contribution >= 4 is 17.4 Å². The molecule has 0 saturated heterocycles. The van der Waals surface area contributed by atoms with Crippen LogP contribution in [0.3, 0.4) is 0 Å². The Hall–Kier alpha value is -2.46. The molecule has 1 atom stereocenters. The van der Waals surface area contributed by atoms with Gasteiger partial charge in [-0.15, -0.1) is 0 Å². The zero-order valence-electron chi connectivity index (χ0n) is 12.5. The predicted octanol–water partition coefficient (Wildman–Crippen LogP) is 2.41. The summed E-state index contributed by atoms with van der Waals surface area (Å²) in [5.41, 5.74) is 1.14. The van der Waals surface area contributed by atoms with E-state index in [1.807, 2.05) is 37.3 Å². The Morgan fingerprint density at radius 2 is 1.64 bits per heavy atom. The van der Waals surface area contributed by atoms with E-state index in [0.29, 0.717) is 11.3 Å². The fourth-order valence-electron chi connectivity index (χ4n) is 2.84. The molecule has 4 heteroatoms. The van der Waals surface area contributed by atoms with Crippen LogP contribution in [-0.2, 0) is 11.2 Å². The third-order valence-electron chi connectivity index (χ3n) is 4.14. The van der Waals surface area contributed by atoms with E-state index < -0.39 is 17.3 Å². The number of nitrogens with one attached hydrogen (secondary N) is 1. The van der Waals surface area contributed by atoms with Crippen LogP contribution in [0.25, 0.3) is 0 Å². The SMILES string of the molecule is Cc1ccc(C)c2c1NC(=O)C(O)(Cc1ccccc1)C2=O. The molecule has 22 heavy (non-hydrogen) atoms. The molecule has 0 fully saturated rings. The number of ketones is 1. The number of carbonyl (C=O) groups is 2. The van der Waals surface area contributed by atoms with Crippen LogP contribution >= 0.6 is 0 Å². The van der Waals surface area contributed by atoms with E-state index in [1.54, 1.807) is 19.1 Å². The summed E-state index contributed by atoms with van der Waals surface area (Å²) in [6.45, 7) is 3.63. The fraction of sp³-hybridized carbons (Fsp3) is 0.222. The molecule has 1 unspecified atom stereocenters. The molecule has 1 heterocycles. The van der Waals surface area contributed by atoms with Crippen molar-refractivity contribution in [3.63, 3.8) is 0 Å². The monoisotopic (exact) mass is 295 g/mol. The number of amides is 1. The topological polar surface area (TPSA) is 66.4 Å². The van der Waals surface area contributed by atoms with Gasteiger partial charge in [0.1, 0.15) is 0 Å². The maximum Gasteiger partial charge on any atom is 0.264 e. The van der Waals surface area contributed by atoms with Crippen LogP contribution in [0.4, 0.5) is 5.69 Å². The van der Waals surface area contributed by atoms with Crippen molar-refractivity contribution in [3.8, 4) is 0 Å². The zero-order valence-corrected chi connectivity index (χ0v) is 12.5. The molecule has 2 N–H and O–H groups in total. The minimum Gasteiger partial charge on any atom is -0.373 e. The van der Waals surface area contributed by atoms with Crippen LogP contribution in [0, 0.1) is 13.8 Å². The summed E-state index contributed by atoms with van der Waals surface area (Å²) in [4.78, 5) is 25.2. The van der Waals surface area contributed by atoms with Crippen molar-refractivity contribution in [1.29, 1.82) is 0 Å². The van der Waals surface area contributed by atoms with Crippen LogP contribution < -0.4 is 5.32 Å². The van der Waals surface area contributed by atoms with E-state index in [4.69, 9.17) is 0 Å². The number of carbonyl (C=O) groups excluding carboxylic acids is 2. The van der Waals surface area contributed by atoms with Crippen LogP contribution in [0.15, 0.2) is 42.5 Å². The average Bonchev–Trinajstić information content (AvgIpc) is 2.50. The molecule has 1 aliphatic heterocycles. The summed E-state index contributed by atoms with van der Waals surface area (Å²) in [7, 11) is 0. The maximum absolute atomic E-state index is 12.8. The number of benzene rings is 2. The Morgan fingerprint density at radius 3 is 2.32 bits per heavy atom. The van der Waals surface area contributed by atoms with Crippen molar-refractivity contribution < 1.29 is 14.7 Å². The van der Waals surface area contributed by atoms with Crippen LogP contribution in [0.1, 0.15) is 27.0 Å². The largest absolute Gasteiger partial charge is 0.373 e. The molecule has 0 radical (unpaired) electrons. The van der Waals surface area contributed by atoms with E-state index in [9.17, 15) is 14.7 Å². The van der Waals surface area contributed by atoms with Gasteiger partial charge in [0.15, 0.2) is 0 Å². The van der Waals surface area contributed by atoms with E-state index in [1.165, 1.54) is 0 Å². The Balaban J connectivity index is 2.09. The van der Waals surface area contributed by atoms with Crippen molar-refractivity contribution in [3.05, 3.63) is 64.7 Å². The number of Topliss-reactive ketones (excluding diaryl/α,β-unsaturated/α-hetero) is 1. The summed E-state index contributed by atoms with van der Waals surface area (Å²) >= 11 is 0. The third kappa shape index (κ3) is 2.12. The highest BCUT2D eigenvalue weighted by Gasteiger charge is 2.49. The van der Waals surface area contributed by atoms with Gasteiger partial charge in [0.05, 0.1) is 5.69 Å². The molecule has 2 aromatic rings. The number of hydrogen-bond acceptors (Lipinski definition) is 3. The lowest BCUT2D eigenvalue weighted by atomic mass is 9.80. The molecule has 4 nitrogen and oxygen atoms in total. The molecule has 2 aromatic carbocycles. The quantitative estimate of drug-likeness (QED) is 0.836. The second-order valence-corrected chi connectivity index (χ2v) is 5.76. The minimum atomic E-state index is -2.06. The van der Waals surface area contributed by atoms with E-state index in [-0.39, 0.29) is 6.42 Å². The first-order valence-corrected chi connectivity index (χ1v) is 7.16. The van der Waals surface area contributed by atoms with Gasteiger partial charge in [-0.1, -0.05) is 42.5 Å². The molecule has 0 aromatic heterocycles. The second-order valence-electron chi connectivity index (χ2n) is 5.76. The smallest absolute Gasteiger partial charge is 0.264 e. The average molecular weight is 295 g/mol. The van der Waals surface area contributed by atoms with Crippen molar-refractivity contribution in [2.24, 2.45) is 0 Å². The first-order chi connectivity index (χ1) is 10.4. The van der Waals surface area contributed by atoms with Gasteiger partial charge in [0.2, 0.25) is 11.4 Å². The number of fused-ring (bicyclic) bond motifs is 1. The number of aryl methyl sites for hydroxylation is 2. The lowest BCUT2D eigenvalue weighted by molar-refractivity contribution is -0.130. The van der Waals surface area contributed by atoms with Gasteiger partial charge < -0.3 is 10.4 Å². The normalized spacial score (nSPS) is 20.5. The van der Waals surface area contributed by atoms with Gasteiger partial charge in [-0.3, -0.25) is 9.59 Å². The lowest BCUT2D eigenvalue weighted by Crippen LogP contribution is -2.55. The maximum atomic E-state index is 12.8. The Kier molecular flexibility index (Phi) is 3.34. The number of rotatable bonds is 2. The minimum absolute atomic E-state index is 0.0364. The van der Waals surface area contributed by atoms with E-state index in [0.717, 1.165) is 16.7 Å². The highest BCUT2D eigenvalue weighted by atomic mass is 16.3. The predicted molar refractivity (Wildman–Crippen MR) is 84.0 cm³/mol. The van der Waals surface area contributed by atoms with E-state index in [2.05, 4.69) is 5.32 Å². The standard InChI is InChI=1S/C18H17NO3/c1-11-8-9-12(2)15-14(11)16(20)18(22,17(21)19-15)10-13-6-4-3-5-7-13/h3-9,22H,10H2,1-2H3,(H,19,21). The van der Waals surface area contributed by atoms with E-state index >= 15 is 0 Å². The van der Waals surface area contributed by atoms with Gasteiger partial charge in [0, 0.05) is 12.0 Å². The van der Waals surface area contributed by atoms with Crippen LogP contribution in [0.2, 0.25) is 0 Å².